The van der Waals surface area contributed by atoms with E-state index in [-0.39, 0.29) is 23.0 Å². The molecule has 1 aromatic carbocycles. The van der Waals surface area contributed by atoms with Crippen molar-refractivity contribution in [1.82, 2.24) is 14.6 Å². The molecule has 0 saturated heterocycles. The molecule has 2 heterocycles. The molecule has 3 rings (SSSR count). The molecule has 7 nitrogen and oxygen atoms in total. The molecule has 0 bridgehead atoms. The highest BCUT2D eigenvalue weighted by atomic mass is 32.2. The van der Waals surface area contributed by atoms with E-state index in [1.54, 1.807) is 22.8 Å². The van der Waals surface area contributed by atoms with Crippen LogP contribution < -0.4 is 0 Å². The minimum atomic E-state index is -3.44. The Kier molecular flexibility index (Phi) is 4.99. The Labute approximate surface area is 155 Å². The average Bonchev–Trinajstić information content (AvgIpc) is 2.99. The molecule has 9 heteroatoms. The van der Waals surface area contributed by atoms with Gasteiger partial charge in [0.25, 0.3) is 5.91 Å². The Morgan fingerprint density at radius 1 is 1.26 bits per heavy atom. The fraction of sp³-hybridized carbons (Fsp3) is 0.222. The van der Waals surface area contributed by atoms with E-state index in [9.17, 15) is 17.6 Å². The number of nitrogens with zero attached hydrogens (tertiary/aromatic N) is 3. The minimum absolute atomic E-state index is 0.0630. The van der Waals surface area contributed by atoms with E-state index < -0.39 is 15.7 Å². The average molecular weight is 391 g/mol. The fourth-order valence-electron chi connectivity index (χ4n) is 2.68. The van der Waals surface area contributed by atoms with E-state index in [4.69, 9.17) is 4.84 Å². The zero-order chi connectivity index (χ0) is 19.8. The molecular weight excluding hydrogens is 373 g/mol. The first-order chi connectivity index (χ1) is 12.7. The van der Waals surface area contributed by atoms with Crippen LogP contribution in [0, 0.1) is 5.82 Å². The third-order valence-corrected chi connectivity index (χ3v) is 5.25. The quantitative estimate of drug-likeness (QED) is 0.623. The molecule has 3 aromatic rings. The molecule has 0 aliphatic rings. The molecule has 27 heavy (non-hydrogen) atoms. The van der Waals surface area contributed by atoms with Gasteiger partial charge < -0.3 is 4.57 Å². The molecule has 0 aliphatic heterocycles. The number of hydrogen-bond acceptors (Lipinski definition) is 5. The fourth-order valence-corrected chi connectivity index (χ4v) is 3.27. The van der Waals surface area contributed by atoms with Crippen LogP contribution >= 0.6 is 0 Å². The first-order valence-corrected chi connectivity index (χ1v) is 9.86. The summed E-state index contributed by atoms with van der Waals surface area (Å²) in [5.41, 5.74) is 1.48. The van der Waals surface area contributed by atoms with Crippen LogP contribution in [0.5, 0.6) is 0 Å². The van der Waals surface area contributed by atoms with Gasteiger partial charge in [-0.3, -0.25) is 9.63 Å². The Balaban J connectivity index is 2.17. The normalized spacial score (nSPS) is 11.7. The van der Waals surface area contributed by atoms with Crippen molar-refractivity contribution in [3.8, 4) is 0 Å². The van der Waals surface area contributed by atoms with E-state index in [0.717, 1.165) is 16.9 Å². The van der Waals surface area contributed by atoms with Gasteiger partial charge in [-0.2, -0.15) is 0 Å². The lowest BCUT2D eigenvalue weighted by Crippen LogP contribution is -2.27. The van der Waals surface area contributed by atoms with Gasteiger partial charge >= 0.3 is 0 Å². The number of halogens is 1. The van der Waals surface area contributed by atoms with Crippen molar-refractivity contribution in [3.05, 3.63) is 59.7 Å². The van der Waals surface area contributed by atoms with E-state index in [0.29, 0.717) is 11.0 Å². The summed E-state index contributed by atoms with van der Waals surface area (Å²) in [4.78, 5) is 21.9. The van der Waals surface area contributed by atoms with Gasteiger partial charge in [-0.1, -0.05) is 12.1 Å². The van der Waals surface area contributed by atoms with Crippen molar-refractivity contribution in [2.45, 2.75) is 11.4 Å². The van der Waals surface area contributed by atoms with Gasteiger partial charge in [0, 0.05) is 31.4 Å². The van der Waals surface area contributed by atoms with Crippen molar-refractivity contribution in [3.63, 3.8) is 0 Å². The molecule has 1 amide bonds. The maximum atomic E-state index is 13.2. The van der Waals surface area contributed by atoms with Gasteiger partial charge in [0.2, 0.25) is 0 Å². The van der Waals surface area contributed by atoms with Crippen molar-refractivity contribution < 1.29 is 22.4 Å². The monoisotopic (exact) mass is 391 g/mol. The van der Waals surface area contributed by atoms with Crippen LogP contribution in [0.25, 0.3) is 11.0 Å². The number of fused-ring (bicyclic) bond motifs is 1. The standard InChI is InChI=1S/C18H18FN3O4S/c1-21(26-2)18(23)16-9-13-8-15(27(3,24)25)10-20-17(13)22(16)11-12-4-6-14(19)7-5-12/h4-10H,11H2,1-3H3. The lowest BCUT2D eigenvalue weighted by molar-refractivity contribution is -0.0762. The van der Waals surface area contributed by atoms with Gasteiger partial charge in [-0.15, -0.1) is 0 Å². The molecule has 2 aromatic heterocycles. The molecule has 0 radical (unpaired) electrons. The van der Waals surface area contributed by atoms with E-state index in [1.807, 2.05) is 0 Å². The van der Waals surface area contributed by atoms with Crippen LogP contribution in [0.15, 0.2) is 47.5 Å². The van der Waals surface area contributed by atoms with E-state index in [2.05, 4.69) is 4.98 Å². The number of pyridine rings is 1. The summed E-state index contributed by atoms with van der Waals surface area (Å²) < 4.78 is 38.4. The smallest absolute Gasteiger partial charge is 0.293 e. The highest BCUT2D eigenvalue weighted by Gasteiger charge is 2.21. The number of hydrogen-bond donors (Lipinski definition) is 0. The van der Waals surface area contributed by atoms with Gasteiger partial charge in [0.1, 0.15) is 17.2 Å². The molecule has 0 aliphatic carbocycles. The number of hydroxylamine groups is 2. The third-order valence-electron chi connectivity index (χ3n) is 4.17. The number of benzene rings is 1. The molecular formula is C18H18FN3O4S. The zero-order valence-electron chi connectivity index (χ0n) is 15.0. The summed E-state index contributed by atoms with van der Waals surface area (Å²) in [6.45, 7) is 0.258. The summed E-state index contributed by atoms with van der Waals surface area (Å²) in [7, 11) is -0.600. The molecule has 0 fully saturated rings. The lowest BCUT2D eigenvalue weighted by atomic mass is 10.2. The largest absolute Gasteiger partial charge is 0.317 e. The predicted molar refractivity (Wildman–Crippen MR) is 97.4 cm³/mol. The number of sulfone groups is 1. The van der Waals surface area contributed by atoms with Crippen LogP contribution in [0.1, 0.15) is 16.1 Å². The van der Waals surface area contributed by atoms with Gasteiger partial charge in [-0.25, -0.2) is 22.9 Å². The first-order valence-electron chi connectivity index (χ1n) is 7.96. The van der Waals surface area contributed by atoms with Crippen molar-refractivity contribution in [2.24, 2.45) is 0 Å². The predicted octanol–water partition coefficient (Wildman–Crippen LogP) is 2.26. The molecule has 0 unspecified atom stereocenters. The van der Waals surface area contributed by atoms with Crippen molar-refractivity contribution >= 4 is 26.8 Å². The molecule has 0 atom stereocenters. The Morgan fingerprint density at radius 2 is 1.93 bits per heavy atom. The molecule has 0 saturated carbocycles. The van der Waals surface area contributed by atoms with Crippen LogP contribution in [-0.4, -0.2) is 49.4 Å². The van der Waals surface area contributed by atoms with Crippen molar-refractivity contribution in [2.75, 3.05) is 20.4 Å². The molecule has 142 valence electrons. The summed E-state index contributed by atoms with van der Waals surface area (Å²) >= 11 is 0. The van der Waals surface area contributed by atoms with Crippen LogP contribution in [0.2, 0.25) is 0 Å². The maximum absolute atomic E-state index is 13.2. The molecule has 0 spiro atoms. The highest BCUT2D eigenvalue weighted by Crippen LogP contribution is 2.23. The number of carbonyl (C=O) groups is 1. The topological polar surface area (TPSA) is 81.5 Å². The Hall–Kier alpha value is -2.78. The lowest BCUT2D eigenvalue weighted by Gasteiger charge is -2.16. The van der Waals surface area contributed by atoms with E-state index in [1.165, 1.54) is 38.6 Å². The minimum Gasteiger partial charge on any atom is -0.317 e. The summed E-state index contributed by atoms with van der Waals surface area (Å²) in [5.74, 6) is -0.777. The van der Waals surface area contributed by atoms with Gasteiger partial charge in [-0.05, 0) is 29.8 Å². The molecule has 0 N–H and O–H groups in total. The highest BCUT2D eigenvalue weighted by molar-refractivity contribution is 7.90. The van der Waals surface area contributed by atoms with Crippen LogP contribution in [0.3, 0.4) is 0 Å². The van der Waals surface area contributed by atoms with Gasteiger partial charge in [0.05, 0.1) is 12.0 Å². The second-order valence-corrected chi connectivity index (χ2v) is 8.10. The van der Waals surface area contributed by atoms with Crippen LogP contribution in [0.4, 0.5) is 4.39 Å². The Bertz CT molecular complexity index is 1110. The van der Waals surface area contributed by atoms with Crippen LogP contribution in [-0.2, 0) is 21.2 Å². The number of aromatic nitrogens is 2. The van der Waals surface area contributed by atoms with Gasteiger partial charge in [0.15, 0.2) is 9.84 Å². The summed E-state index contributed by atoms with van der Waals surface area (Å²) in [5, 5.41) is 1.57. The van der Waals surface area contributed by atoms with Crippen molar-refractivity contribution in [1.29, 1.82) is 0 Å². The number of rotatable bonds is 5. The number of carbonyl (C=O) groups excluding carboxylic acids is 1. The third kappa shape index (κ3) is 3.83. The second-order valence-electron chi connectivity index (χ2n) is 6.08. The first kappa shape index (κ1) is 19.0. The maximum Gasteiger partial charge on any atom is 0.293 e. The SMILES string of the molecule is CON(C)C(=O)c1cc2cc(S(C)(=O)=O)cnc2n1Cc1ccc(F)cc1. The second kappa shape index (κ2) is 7.09. The Morgan fingerprint density at radius 3 is 2.52 bits per heavy atom. The summed E-state index contributed by atoms with van der Waals surface area (Å²) in [6.07, 6.45) is 2.35. The number of amides is 1. The zero-order valence-corrected chi connectivity index (χ0v) is 15.8. The summed E-state index contributed by atoms with van der Waals surface area (Å²) in [6, 6.07) is 8.93. The van der Waals surface area contributed by atoms with E-state index >= 15 is 0 Å².